The molecular formula is C13H19BrOS. The van der Waals surface area contributed by atoms with E-state index in [9.17, 15) is 5.11 Å². The Balaban J connectivity index is 2.11. The van der Waals surface area contributed by atoms with Crippen molar-refractivity contribution in [3.05, 3.63) is 20.8 Å². The zero-order chi connectivity index (χ0) is 11.8. The van der Waals surface area contributed by atoms with E-state index in [2.05, 4.69) is 41.2 Å². The highest BCUT2D eigenvalue weighted by atomic mass is 79.9. The Morgan fingerprint density at radius 2 is 2.31 bits per heavy atom. The lowest BCUT2D eigenvalue weighted by atomic mass is 9.70. The standard InChI is InChI=1S/C13H19BrOS/c1-9-3-5-13(15,10(2)7-9)8-12-11(14)4-6-16-12/h4,6,9-10,15H,3,5,7-8H2,1-2H3. The summed E-state index contributed by atoms with van der Waals surface area (Å²) >= 11 is 5.29. The van der Waals surface area contributed by atoms with Crippen molar-refractivity contribution in [1.29, 1.82) is 0 Å². The third kappa shape index (κ3) is 2.52. The van der Waals surface area contributed by atoms with Crippen molar-refractivity contribution in [3.8, 4) is 0 Å². The molecule has 90 valence electrons. The number of hydrogen-bond donors (Lipinski definition) is 1. The zero-order valence-corrected chi connectivity index (χ0v) is 12.3. The minimum atomic E-state index is -0.486. The highest BCUT2D eigenvalue weighted by Gasteiger charge is 2.38. The molecule has 1 nitrogen and oxygen atoms in total. The summed E-state index contributed by atoms with van der Waals surface area (Å²) in [5.41, 5.74) is -0.486. The molecule has 1 N–H and O–H groups in total. The van der Waals surface area contributed by atoms with Crippen molar-refractivity contribution in [2.24, 2.45) is 11.8 Å². The summed E-state index contributed by atoms with van der Waals surface area (Å²) in [5, 5.41) is 12.8. The van der Waals surface area contributed by atoms with Crippen molar-refractivity contribution in [3.63, 3.8) is 0 Å². The van der Waals surface area contributed by atoms with Gasteiger partial charge in [-0.25, -0.2) is 0 Å². The fourth-order valence-electron chi connectivity index (χ4n) is 2.68. The highest BCUT2D eigenvalue weighted by molar-refractivity contribution is 9.10. The van der Waals surface area contributed by atoms with Crippen LogP contribution in [-0.4, -0.2) is 10.7 Å². The van der Waals surface area contributed by atoms with Crippen LogP contribution in [0.2, 0.25) is 0 Å². The topological polar surface area (TPSA) is 20.2 Å². The third-order valence-corrected chi connectivity index (χ3v) is 5.83. The number of halogens is 1. The van der Waals surface area contributed by atoms with Gasteiger partial charge in [-0.3, -0.25) is 0 Å². The molecule has 1 aliphatic rings. The molecule has 16 heavy (non-hydrogen) atoms. The van der Waals surface area contributed by atoms with E-state index in [-0.39, 0.29) is 0 Å². The average Bonchev–Trinajstić information content (AvgIpc) is 2.60. The van der Waals surface area contributed by atoms with E-state index in [1.165, 1.54) is 4.88 Å². The molecule has 1 aromatic heterocycles. The maximum Gasteiger partial charge on any atom is 0.0721 e. The van der Waals surface area contributed by atoms with Crippen molar-refractivity contribution in [1.82, 2.24) is 0 Å². The van der Waals surface area contributed by atoms with Crippen LogP contribution >= 0.6 is 27.3 Å². The molecule has 1 fully saturated rings. The predicted octanol–water partition coefficient (Wildman–Crippen LogP) is 4.24. The van der Waals surface area contributed by atoms with E-state index in [0.717, 1.165) is 36.1 Å². The van der Waals surface area contributed by atoms with Crippen LogP contribution in [-0.2, 0) is 6.42 Å². The molecule has 0 aromatic carbocycles. The lowest BCUT2D eigenvalue weighted by Crippen LogP contribution is -2.43. The molecule has 0 bridgehead atoms. The Kier molecular flexibility index (Phi) is 3.77. The number of thiophene rings is 1. The van der Waals surface area contributed by atoms with E-state index < -0.39 is 5.60 Å². The minimum Gasteiger partial charge on any atom is -0.389 e. The predicted molar refractivity (Wildman–Crippen MR) is 72.9 cm³/mol. The van der Waals surface area contributed by atoms with Gasteiger partial charge in [-0.15, -0.1) is 11.3 Å². The minimum absolute atomic E-state index is 0.408. The first kappa shape index (κ1) is 12.6. The van der Waals surface area contributed by atoms with Crippen LogP contribution in [0.1, 0.15) is 38.0 Å². The van der Waals surface area contributed by atoms with Gasteiger partial charge >= 0.3 is 0 Å². The van der Waals surface area contributed by atoms with Gasteiger partial charge in [0.15, 0.2) is 0 Å². The summed E-state index contributed by atoms with van der Waals surface area (Å²) in [6.45, 7) is 4.48. The van der Waals surface area contributed by atoms with Crippen LogP contribution in [0.25, 0.3) is 0 Å². The van der Waals surface area contributed by atoms with Gasteiger partial charge in [0.25, 0.3) is 0 Å². The molecular weight excluding hydrogens is 284 g/mol. The molecule has 0 aliphatic heterocycles. The Bertz CT molecular complexity index is 363. The first-order chi connectivity index (χ1) is 7.51. The van der Waals surface area contributed by atoms with Crippen LogP contribution in [0.5, 0.6) is 0 Å². The van der Waals surface area contributed by atoms with Gasteiger partial charge in [0, 0.05) is 15.8 Å². The van der Waals surface area contributed by atoms with E-state index >= 15 is 0 Å². The summed E-state index contributed by atoms with van der Waals surface area (Å²) in [7, 11) is 0. The fourth-order valence-corrected chi connectivity index (χ4v) is 4.29. The molecule has 0 saturated heterocycles. The van der Waals surface area contributed by atoms with Crippen LogP contribution in [0.4, 0.5) is 0 Å². The lowest BCUT2D eigenvalue weighted by molar-refractivity contribution is -0.0517. The average molecular weight is 303 g/mol. The second-order valence-electron chi connectivity index (χ2n) is 5.25. The summed E-state index contributed by atoms with van der Waals surface area (Å²) < 4.78 is 1.15. The van der Waals surface area contributed by atoms with E-state index in [1.807, 2.05) is 0 Å². The van der Waals surface area contributed by atoms with Crippen molar-refractivity contribution in [2.75, 3.05) is 0 Å². The Labute approximate surface area is 110 Å². The zero-order valence-electron chi connectivity index (χ0n) is 9.87. The number of rotatable bonds is 2. The largest absolute Gasteiger partial charge is 0.389 e. The van der Waals surface area contributed by atoms with E-state index in [1.54, 1.807) is 11.3 Å². The smallest absolute Gasteiger partial charge is 0.0721 e. The molecule has 1 aliphatic carbocycles. The molecule has 3 heteroatoms. The van der Waals surface area contributed by atoms with Crippen molar-refractivity contribution < 1.29 is 5.11 Å². The molecule has 0 spiro atoms. The first-order valence-corrected chi connectivity index (χ1v) is 7.63. The van der Waals surface area contributed by atoms with Gasteiger partial charge in [0.05, 0.1) is 5.60 Å². The molecule has 3 unspecified atom stereocenters. The second-order valence-corrected chi connectivity index (χ2v) is 7.11. The monoisotopic (exact) mass is 302 g/mol. The van der Waals surface area contributed by atoms with Gasteiger partial charge in [-0.2, -0.15) is 0 Å². The van der Waals surface area contributed by atoms with Crippen LogP contribution in [0, 0.1) is 11.8 Å². The second kappa shape index (κ2) is 4.79. The van der Waals surface area contributed by atoms with Crippen LogP contribution in [0.3, 0.4) is 0 Å². The molecule has 0 radical (unpaired) electrons. The summed E-state index contributed by atoms with van der Waals surface area (Å²) in [6.07, 6.45) is 4.06. The summed E-state index contributed by atoms with van der Waals surface area (Å²) in [6, 6.07) is 2.07. The molecule has 1 aromatic rings. The molecule has 3 atom stereocenters. The molecule has 0 amide bonds. The first-order valence-electron chi connectivity index (χ1n) is 5.95. The Morgan fingerprint density at radius 3 is 2.88 bits per heavy atom. The van der Waals surface area contributed by atoms with Crippen LogP contribution in [0.15, 0.2) is 15.9 Å². The number of aliphatic hydroxyl groups is 1. The summed E-state index contributed by atoms with van der Waals surface area (Å²) in [4.78, 5) is 1.28. The molecule has 1 heterocycles. The normalized spacial score (nSPS) is 35.2. The third-order valence-electron chi connectivity index (χ3n) is 3.90. The van der Waals surface area contributed by atoms with Gasteiger partial charge < -0.3 is 5.11 Å². The van der Waals surface area contributed by atoms with Crippen molar-refractivity contribution in [2.45, 2.75) is 45.1 Å². The quantitative estimate of drug-likeness (QED) is 0.866. The van der Waals surface area contributed by atoms with Gasteiger partial charge in [-0.05, 0) is 58.5 Å². The van der Waals surface area contributed by atoms with Crippen LogP contribution < -0.4 is 0 Å². The van der Waals surface area contributed by atoms with Gasteiger partial charge in [0.1, 0.15) is 0 Å². The Morgan fingerprint density at radius 1 is 1.56 bits per heavy atom. The molecule has 1 saturated carbocycles. The lowest BCUT2D eigenvalue weighted by Gasteiger charge is -2.40. The highest BCUT2D eigenvalue weighted by Crippen LogP contribution is 2.40. The van der Waals surface area contributed by atoms with E-state index in [4.69, 9.17) is 0 Å². The number of hydrogen-bond acceptors (Lipinski definition) is 2. The maximum atomic E-state index is 10.7. The van der Waals surface area contributed by atoms with Gasteiger partial charge in [0.2, 0.25) is 0 Å². The SMILES string of the molecule is CC1CCC(O)(Cc2sccc2Br)C(C)C1. The van der Waals surface area contributed by atoms with Gasteiger partial charge in [-0.1, -0.05) is 13.8 Å². The summed E-state index contributed by atoms with van der Waals surface area (Å²) in [5.74, 6) is 1.17. The van der Waals surface area contributed by atoms with Crippen molar-refractivity contribution >= 4 is 27.3 Å². The molecule has 2 rings (SSSR count). The maximum absolute atomic E-state index is 10.7. The Hall–Kier alpha value is 0.140. The fraction of sp³-hybridized carbons (Fsp3) is 0.692. The van der Waals surface area contributed by atoms with E-state index in [0.29, 0.717) is 5.92 Å².